The molecule has 0 spiro atoms. The fourth-order valence-electron chi connectivity index (χ4n) is 2.71. The second-order valence-electron chi connectivity index (χ2n) is 4.48. The van der Waals surface area contributed by atoms with E-state index in [2.05, 4.69) is 35.2 Å². The molecule has 15 heavy (non-hydrogen) atoms. The zero-order chi connectivity index (χ0) is 10.1. The van der Waals surface area contributed by atoms with E-state index in [0.29, 0.717) is 6.04 Å². The van der Waals surface area contributed by atoms with E-state index in [1.807, 2.05) is 0 Å². The highest BCUT2D eigenvalue weighted by Crippen LogP contribution is 2.35. The number of rotatable bonds is 1. The van der Waals surface area contributed by atoms with Gasteiger partial charge in [0.05, 0.1) is 6.61 Å². The Morgan fingerprint density at radius 1 is 1.13 bits per heavy atom. The number of fused-ring (bicyclic) bond motifs is 1. The quantitative estimate of drug-likeness (QED) is 0.695. The highest BCUT2D eigenvalue weighted by atomic mass is 16.5. The van der Waals surface area contributed by atoms with Crippen molar-refractivity contribution >= 4 is 0 Å². The number of ether oxygens (including phenoxy) is 1. The summed E-state index contributed by atoms with van der Waals surface area (Å²) < 4.78 is 5.91. The zero-order valence-electron chi connectivity index (χ0n) is 8.93. The molecule has 0 aliphatic carbocycles. The van der Waals surface area contributed by atoms with Crippen molar-refractivity contribution in [2.24, 2.45) is 0 Å². The third-order valence-electron chi connectivity index (χ3n) is 3.51. The van der Waals surface area contributed by atoms with Gasteiger partial charge in [0.25, 0.3) is 0 Å². The van der Waals surface area contributed by atoms with Gasteiger partial charge in [-0.3, -0.25) is 4.90 Å². The Morgan fingerprint density at radius 3 is 2.87 bits per heavy atom. The van der Waals surface area contributed by atoms with Crippen molar-refractivity contribution in [2.45, 2.75) is 31.5 Å². The molecule has 2 aliphatic heterocycles. The highest BCUT2D eigenvalue weighted by Gasteiger charge is 2.36. The summed E-state index contributed by atoms with van der Waals surface area (Å²) >= 11 is 0. The molecule has 80 valence electrons. The molecule has 2 aliphatic rings. The van der Waals surface area contributed by atoms with Crippen LogP contribution in [0, 0.1) is 0 Å². The zero-order valence-corrected chi connectivity index (χ0v) is 8.93. The van der Waals surface area contributed by atoms with E-state index in [0.717, 1.165) is 6.61 Å². The van der Waals surface area contributed by atoms with Crippen LogP contribution in [0.3, 0.4) is 0 Å². The average molecular weight is 203 g/mol. The molecule has 2 heterocycles. The molecule has 3 rings (SSSR count). The van der Waals surface area contributed by atoms with Gasteiger partial charge in [-0.05, 0) is 18.4 Å². The monoisotopic (exact) mass is 203 g/mol. The predicted octanol–water partition coefficient (Wildman–Crippen LogP) is 2.57. The summed E-state index contributed by atoms with van der Waals surface area (Å²) in [5.41, 5.74) is 1.31. The van der Waals surface area contributed by atoms with Gasteiger partial charge in [-0.1, -0.05) is 36.8 Å². The minimum Gasteiger partial charge on any atom is -0.357 e. The first-order valence-electron chi connectivity index (χ1n) is 5.87. The first kappa shape index (κ1) is 9.37. The third kappa shape index (κ3) is 1.68. The molecule has 0 bridgehead atoms. The van der Waals surface area contributed by atoms with E-state index >= 15 is 0 Å². The van der Waals surface area contributed by atoms with Crippen molar-refractivity contribution < 1.29 is 4.74 Å². The molecule has 1 aromatic rings. The van der Waals surface area contributed by atoms with Crippen LogP contribution in [-0.2, 0) is 4.74 Å². The summed E-state index contributed by atoms with van der Waals surface area (Å²) in [6.07, 6.45) is 4.22. The first-order valence-corrected chi connectivity index (χ1v) is 5.87. The van der Waals surface area contributed by atoms with Crippen LogP contribution in [0.15, 0.2) is 30.3 Å². The lowest BCUT2D eigenvalue weighted by Crippen LogP contribution is -2.36. The Labute approximate surface area is 90.8 Å². The Morgan fingerprint density at radius 2 is 2.00 bits per heavy atom. The van der Waals surface area contributed by atoms with Crippen LogP contribution < -0.4 is 0 Å². The van der Waals surface area contributed by atoms with Crippen LogP contribution in [0.2, 0.25) is 0 Å². The molecule has 2 nitrogen and oxygen atoms in total. The van der Waals surface area contributed by atoms with Gasteiger partial charge in [0.15, 0.2) is 0 Å². The summed E-state index contributed by atoms with van der Waals surface area (Å²) in [5, 5.41) is 0. The lowest BCUT2D eigenvalue weighted by atomic mass is 10.0. The maximum absolute atomic E-state index is 5.91. The second kappa shape index (κ2) is 3.95. The Hall–Kier alpha value is -0.860. The maximum Gasteiger partial charge on any atom is 0.137 e. The van der Waals surface area contributed by atoms with Crippen molar-refractivity contribution in [2.75, 3.05) is 13.2 Å². The van der Waals surface area contributed by atoms with E-state index in [-0.39, 0.29) is 6.23 Å². The number of piperidine rings is 1. The third-order valence-corrected chi connectivity index (χ3v) is 3.51. The fourth-order valence-corrected chi connectivity index (χ4v) is 2.71. The topological polar surface area (TPSA) is 12.5 Å². The van der Waals surface area contributed by atoms with Crippen molar-refractivity contribution in [3.05, 3.63) is 35.9 Å². The number of hydrogen-bond acceptors (Lipinski definition) is 2. The number of hydrogen-bond donors (Lipinski definition) is 0. The van der Waals surface area contributed by atoms with E-state index in [1.165, 1.54) is 31.4 Å². The van der Waals surface area contributed by atoms with Crippen molar-refractivity contribution in [1.29, 1.82) is 0 Å². The van der Waals surface area contributed by atoms with E-state index < -0.39 is 0 Å². The molecule has 0 N–H and O–H groups in total. The van der Waals surface area contributed by atoms with Gasteiger partial charge < -0.3 is 4.74 Å². The molecule has 0 radical (unpaired) electrons. The molecular weight excluding hydrogens is 186 g/mol. The first-order chi connectivity index (χ1) is 7.45. The molecule has 1 aromatic carbocycles. The second-order valence-corrected chi connectivity index (χ2v) is 4.48. The van der Waals surface area contributed by atoms with Gasteiger partial charge in [0, 0.05) is 12.6 Å². The van der Waals surface area contributed by atoms with Crippen molar-refractivity contribution in [1.82, 2.24) is 4.90 Å². The SMILES string of the molecule is c1ccc([C@H]2OC[C@H]3CCCCN32)cc1. The van der Waals surface area contributed by atoms with Gasteiger partial charge in [-0.25, -0.2) is 0 Å². The molecule has 2 fully saturated rings. The number of nitrogens with zero attached hydrogens (tertiary/aromatic N) is 1. The molecule has 2 heteroatoms. The highest BCUT2D eigenvalue weighted by molar-refractivity contribution is 5.18. The van der Waals surface area contributed by atoms with Crippen LogP contribution >= 0.6 is 0 Å². The van der Waals surface area contributed by atoms with Gasteiger partial charge in [0.1, 0.15) is 6.23 Å². The van der Waals surface area contributed by atoms with E-state index in [1.54, 1.807) is 0 Å². The summed E-state index contributed by atoms with van der Waals surface area (Å²) in [6.45, 7) is 2.11. The molecule has 0 aromatic heterocycles. The van der Waals surface area contributed by atoms with Gasteiger partial charge in [0.2, 0.25) is 0 Å². The number of benzene rings is 1. The summed E-state index contributed by atoms with van der Waals surface area (Å²) in [4.78, 5) is 2.53. The van der Waals surface area contributed by atoms with Crippen LogP contribution in [0.5, 0.6) is 0 Å². The average Bonchev–Trinajstić information content (AvgIpc) is 2.74. The lowest BCUT2D eigenvalue weighted by Gasteiger charge is -2.31. The van der Waals surface area contributed by atoms with Gasteiger partial charge in [-0.15, -0.1) is 0 Å². The van der Waals surface area contributed by atoms with Gasteiger partial charge in [-0.2, -0.15) is 0 Å². The van der Waals surface area contributed by atoms with Crippen LogP contribution in [0.25, 0.3) is 0 Å². The molecular formula is C13H17NO. The van der Waals surface area contributed by atoms with Crippen LogP contribution in [-0.4, -0.2) is 24.1 Å². The van der Waals surface area contributed by atoms with Gasteiger partial charge >= 0.3 is 0 Å². The normalized spacial score (nSPS) is 31.5. The van der Waals surface area contributed by atoms with E-state index in [4.69, 9.17) is 4.74 Å². The largest absolute Gasteiger partial charge is 0.357 e. The summed E-state index contributed by atoms with van der Waals surface area (Å²) in [7, 11) is 0. The van der Waals surface area contributed by atoms with E-state index in [9.17, 15) is 0 Å². The smallest absolute Gasteiger partial charge is 0.137 e. The molecule has 0 amide bonds. The summed E-state index contributed by atoms with van der Waals surface area (Å²) in [6, 6.07) is 11.3. The van der Waals surface area contributed by atoms with Crippen LogP contribution in [0.4, 0.5) is 0 Å². The molecule has 2 atom stereocenters. The van der Waals surface area contributed by atoms with Crippen molar-refractivity contribution in [3.8, 4) is 0 Å². The molecule has 0 unspecified atom stereocenters. The Balaban J connectivity index is 1.82. The standard InChI is InChI=1S/C13H17NO/c1-2-6-11(7-3-1)13-14-9-5-4-8-12(14)10-15-13/h1-3,6-7,12-13H,4-5,8-10H2/t12-,13-/m1/s1. The molecule has 0 saturated carbocycles. The minimum absolute atomic E-state index is 0.219. The van der Waals surface area contributed by atoms with Crippen molar-refractivity contribution in [3.63, 3.8) is 0 Å². The fraction of sp³-hybridized carbons (Fsp3) is 0.538. The maximum atomic E-state index is 5.91. The minimum atomic E-state index is 0.219. The predicted molar refractivity (Wildman–Crippen MR) is 59.5 cm³/mol. The van der Waals surface area contributed by atoms with Crippen LogP contribution in [0.1, 0.15) is 31.1 Å². The lowest BCUT2D eigenvalue weighted by molar-refractivity contribution is 0.0232. The molecule has 2 saturated heterocycles. The Bertz CT molecular complexity index is 325. The summed E-state index contributed by atoms with van der Waals surface area (Å²) in [5.74, 6) is 0. The Kier molecular flexibility index (Phi) is 2.47.